The minimum atomic E-state index is -4.87. The first kappa shape index (κ1) is 26.4. The molecule has 40 heavy (non-hydrogen) atoms. The predicted octanol–water partition coefficient (Wildman–Crippen LogP) is 3.95. The Labute approximate surface area is 231 Å². The summed E-state index contributed by atoms with van der Waals surface area (Å²) in [5, 5.41) is 24.5. The van der Waals surface area contributed by atoms with E-state index in [0.717, 1.165) is 20.9 Å². The Balaban J connectivity index is 1.52. The van der Waals surface area contributed by atoms with Gasteiger partial charge >= 0.3 is 6.18 Å². The zero-order valence-corrected chi connectivity index (χ0v) is 22.8. The number of aliphatic hydroxyl groups is 1. The number of halogens is 3. The Morgan fingerprint density at radius 2 is 2.05 bits per heavy atom. The van der Waals surface area contributed by atoms with Crippen LogP contribution in [0.1, 0.15) is 35.9 Å². The van der Waals surface area contributed by atoms with Crippen molar-refractivity contribution in [1.29, 1.82) is 0 Å². The van der Waals surface area contributed by atoms with Gasteiger partial charge in [-0.05, 0) is 60.5 Å². The van der Waals surface area contributed by atoms with Gasteiger partial charge in [0.15, 0.2) is 11.9 Å². The summed E-state index contributed by atoms with van der Waals surface area (Å²) in [7, 11) is 3.22. The highest BCUT2D eigenvalue weighted by Gasteiger charge is 2.56. The largest absolute Gasteiger partial charge is 0.496 e. The van der Waals surface area contributed by atoms with E-state index in [2.05, 4.69) is 15.4 Å². The average molecular weight is 574 g/mol. The Bertz CT molecular complexity index is 1600. The molecular weight excluding hydrogens is 547 g/mol. The second kappa shape index (κ2) is 9.41. The maximum atomic E-state index is 14.0. The number of benzene rings is 1. The van der Waals surface area contributed by atoms with E-state index in [9.17, 15) is 23.1 Å². The molecule has 0 bridgehead atoms. The number of rotatable bonds is 5. The van der Waals surface area contributed by atoms with Gasteiger partial charge in [-0.25, -0.2) is 4.98 Å². The van der Waals surface area contributed by atoms with Crippen LogP contribution in [-0.2, 0) is 20.0 Å². The van der Waals surface area contributed by atoms with Crippen LogP contribution in [0.3, 0.4) is 0 Å². The number of aromatic nitrogens is 6. The van der Waals surface area contributed by atoms with Crippen molar-refractivity contribution in [2.24, 2.45) is 7.05 Å². The number of thiophene rings is 1. The van der Waals surface area contributed by atoms with Gasteiger partial charge in [-0.3, -0.25) is 4.79 Å². The van der Waals surface area contributed by atoms with E-state index >= 15 is 0 Å². The van der Waals surface area contributed by atoms with Crippen LogP contribution in [0.4, 0.5) is 13.2 Å². The van der Waals surface area contributed by atoms with Crippen molar-refractivity contribution in [3.05, 3.63) is 41.0 Å². The second-order valence-electron chi connectivity index (χ2n) is 10.2. The summed E-state index contributed by atoms with van der Waals surface area (Å²) in [6.07, 6.45) is -6.63. The van der Waals surface area contributed by atoms with Crippen LogP contribution in [0.25, 0.3) is 33.2 Å². The zero-order valence-electron chi connectivity index (χ0n) is 21.9. The van der Waals surface area contributed by atoms with Crippen molar-refractivity contribution in [1.82, 2.24) is 34.7 Å². The van der Waals surface area contributed by atoms with E-state index in [1.807, 2.05) is 29.6 Å². The van der Waals surface area contributed by atoms with Gasteiger partial charge in [-0.2, -0.15) is 18.0 Å². The minimum Gasteiger partial charge on any atom is -0.496 e. The molecule has 5 heterocycles. The van der Waals surface area contributed by atoms with Gasteiger partial charge in [0.2, 0.25) is 5.82 Å². The van der Waals surface area contributed by atoms with Crippen molar-refractivity contribution in [2.45, 2.75) is 50.6 Å². The van der Waals surface area contributed by atoms with E-state index < -0.39 is 23.7 Å². The monoisotopic (exact) mass is 573 g/mol. The van der Waals surface area contributed by atoms with Crippen molar-refractivity contribution < 1.29 is 27.8 Å². The number of imidazole rings is 1. The summed E-state index contributed by atoms with van der Waals surface area (Å²) in [6, 6.07) is 7.56. The van der Waals surface area contributed by atoms with Crippen molar-refractivity contribution in [2.75, 3.05) is 13.7 Å². The van der Waals surface area contributed by atoms with E-state index in [-0.39, 0.29) is 18.8 Å². The molecule has 0 aliphatic carbocycles. The lowest BCUT2D eigenvalue weighted by atomic mass is 9.91. The number of ether oxygens (including phenoxy) is 1. The van der Waals surface area contributed by atoms with Gasteiger partial charge < -0.3 is 19.3 Å². The summed E-state index contributed by atoms with van der Waals surface area (Å²) in [5.41, 5.74) is 1.80. The summed E-state index contributed by atoms with van der Waals surface area (Å²) in [6.45, 7) is 1.77. The second-order valence-corrected chi connectivity index (χ2v) is 11.1. The number of aliphatic hydroxyl groups excluding tert-OH is 1. The number of methoxy groups -OCH3 is 1. The molecule has 1 amide bonds. The van der Waals surface area contributed by atoms with Crippen molar-refractivity contribution in [3.63, 3.8) is 0 Å². The molecule has 4 aromatic rings. The molecule has 0 radical (unpaired) electrons. The summed E-state index contributed by atoms with van der Waals surface area (Å²) in [5.74, 6) is 0.339. The average Bonchev–Trinajstić information content (AvgIpc) is 3.72. The normalized spacial score (nSPS) is 19.4. The molecule has 1 fully saturated rings. The lowest BCUT2D eigenvalue weighted by Crippen LogP contribution is -2.58. The van der Waals surface area contributed by atoms with E-state index in [4.69, 9.17) is 9.72 Å². The highest BCUT2D eigenvalue weighted by Crippen LogP contribution is 2.45. The molecule has 0 saturated carbocycles. The third-order valence-electron chi connectivity index (χ3n) is 7.77. The highest BCUT2D eigenvalue weighted by atomic mass is 32.1. The number of alkyl halides is 3. The number of tetrazole rings is 1. The first-order valence-electron chi connectivity index (χ1n) is 12.7. The number of carbonyl (C=O) groups is 1. The third-order valence-corrected chi connectivity index (χ3v) is 8.65. The fourth-order valence-corrected chi connectivity index (χ4v) is 6.50. The molecule has 6 rings (SSSR count). The molecule has 1 aromatic carbocycles. The molecule has 2 atom stereocenters. The standard InChI is InChI=1S/C26H26F3N7O3S/c1-25(24(38)26(27,28)29)8-5-9-36(25)23(37)22-30-19(18-6-4-11-40-18)20-15-13-16(21-31-33-34(2)32-21)17(39-3)12-14(15)7-10-35(20)22/h4,6,11-13,24,38H,5,7-10H2,1-3H3/t24-,25+/m1/s1. The smallest absolute Gasteiger partial charge is 0.416 e. The fraction of sp³-hybridized carbons (Fsp3) is 0.423. The van der Waals surface area contributed by atoms with Crippen LogP contribution in [0.2, 0.25) is 0 Å². The summed E-state index contributed by atoms with van der Waals surface area (Å²) in [4.78, 5) is 22.0. The highest BCUT2D eigenvalue weighted by molar-refractivity contribution is 7.13. The van der Waals surface area contributed by atoms with E-state index in [1.165, 1.54) is 23.1 Å². The Morgan fingerprint density at radius 3 is 2.70 bits per heavy atom. The molecule has 10 nitrogen and oxygen atoms in total. The maximum absolute atomic E-state index is 14.0. The molecule has 3 aromatic heterocycles. The van der Waals surface area contributed by atoms with Crippen molar-refractivity contribution >= 4 is 17.2 Å². The van der Waals surface area contributed by atoms with Crippen LogP contribution in [0.15, 0.2) is 29.6 Å². The van der Waals surface area contributed by atoms with Gasteiger partial charge in [0.1, 0.15) is 11.4 Å². The van der Waals surface area contributed by atoms with Crippen LogP contribution in [0, 0.1) is 0 Å². The number of aryl methyl sites for hydroxylation is 2. The Morgan fingerprint density at radius 1 is 1.25 bits per heavy atom. The number of hydrogen-bond donors (Lipinski definition) is 1. The molecule has 1 saturated heterocycles. The van der Waals surface area contributed by atoms with Gasteiger partial charge in [-0.15, -0.1) is 21.5 Å². The molecule has 1 N–H and O–H groups in total. The number of likely N-dealkylation sites (tertiary alicyclic amines) is 1. The summed E-state index contributed by atoms with van der Waals surface area (Å²) >= 11 is 1.45. The Hall–Kier alpha value is -3.78. The van der Waals surface area contributed by atoms with E-state index in [0.29, 0.717) is 47.9 Å². The SMILES string of the molecule is COc1cc2c(cc1-c1nnn(C)n1)-c1c(-c3cccs3)nc(C(=O)N3CCC[C@@]3(C)[C@@H](O)C(F)(F)F)n1CC2. The minimum absolute atomic E-state index is 0.0296. The topological polar surface area (TPSA) is 111 Å². The lowest BCUT2D eigenvalue weighted by molar-refractivity contribution is -0.232. The van der Waals surface area contributed by atoms with Crippen LogP contribution < -0.4 is 4.74 Å². The fourth-order valence-electron chi connectivity index (χ4n) is 5.79. The number of hydrogen-bond acceptors (Lipinski definition) is 8. The molecule has 2 aliphatic rings. The van der Waals surface area contributed by atoms with Crippen LogP contribution in [0.5, 0.6) is 5.75 Å². The lowest BCUT2D eigenvalue weighted by Gasteiger charge is -2.39. The number of nitrogens with zero attached hydrogens (tertiary/aromatic N) is 7. The first-order valence-corrected chi connectivity index (χ1v) is 13.6. The maximum Gasteiger partial charge on any atom is 0.416 e. The van der Waals surface area contributed by atoms with Gasteiger partial charge in [0, 0.05) is 18.7 Å². The van der Waals surface area contributed by atoms with E-state index in [1.54, 1.807) is 18.7 Å². The van der Waals surface area contributed by atoms with Gasteiger partial charge in [0.25, 0.3) is 5.91 Å². The molecule has 0 unspecified atom stereocenters. The third kappa shape index (κ3) is 4.08. The number of amides is 1. The molecular formula is C26H26F3N7O3S. The summed E-state index contributed by atoms with van der Waals surface area (Å²) < 4.78 is 48.3. The quantitative estimate of drug-likeness (QED) is 0.385. The van der Waals surface area contributed by atoms with Gasteiger partial charge in [-0.1, -0.05) is 6.07 Å². The first-order chi connectivity index (χ1) is 19.0. The zero-order chi connectivity index (χ0) is 28.4. The Kier molecular flexibility index (Phi) is 6.22. The van der Waals surface area contributed by atoms with Crippen molar-refractivity contribution in [3.8, 4) is 39.0 Å². The number of carbonyl (C=O) groups excluding carboxylic acids is 1. The molecule has 0 spiro atoms. The predicted molar refractivity (Wildman–Crippen MR) is 140 cm³/mol. The van der Waals surface area contributed by atoms with Crippen LogP contribution in [-0.4, -0.2) is 77.1 Å². The molecule has 2 aliphatic heterocycles. The molecule has 210 valence electrons. The van der Waals surface area contributed by atoms with Gasteiger partial charge in [0.05, 0.1) is 35.8 Å². The number of fused-ring (bicyclic) bond motifs is 3. The van der Waals surface area contributed by atoms with Crippen LogP contribution >= 0.6 is 11.3 Å². The molecule has 14 heteroatoms.